The van der Waals surface area contributed by atoms with E-state index in [1.807, 2.05) is 12.3 Å². The fourth-order valence-electron chi connectivity index (χ4n) is 3.80. The van der Waals surface area contributed by atoms with Gasteiger partial charge in [0.05, 0.1) is 23.0 Å². The number of piperidine rings is 1. The van der Waals surface area contributed by atoms with Gasteiger partial charge in [-0.1, -0.05) is 24.3 Å². The Balaban J connectivity index is 1.53. The topological polar surface area (TPSA) is 70.2 Å². The third-order valence-corrected chi connectivity index (χ3v) is 6.14. The Morgan fingerprint density at radius 3 is 2.72 bits per heavy atom. The monoisotopic (exact) mass is 412 g/mol. The van der Waals surface area contributed by atoms with Gasteiger partial charge in [-0.25, -0.2) is 13.9 Å². The average molecular weight is 413 g/mol. The van der Waals surface area contributed by atoms with E-state index in [4.69, 9.17) is 4.74 Å². The Morgan fingerprint density at radius 1 is 1.24 bits per heavy atom. The van der Waals surface area contributed by atoms with Gasteiger partial charge in [0.1, 0.15) is 11.4 Å². The van der Waals surface area contributed by atoms with E-state index in [9.17, 15) is 4.21 Å². The highest BCUT2D eigenvalue weighted by atomic mass is 32.2. The highest BCUT2D eigenvalue weighted by Gasteiger charge is 2.19. The molecule has 1 atom stereocenters. The van der Waals surface area contributed by atoms with Gasteiger partial charge in [-0.15, -0.1) is 0 Å². The molecular formula is C22H28N4O2S. The number of nitrogens with one attached hydrogen (secondary N) is 2. The standard InChI is InChI=1S/C22H28N4O2S/c1-26-11-8-17(9-12-26)15-28-20-7-10-23-22-21(20)19(14-24-22)18-5-3-16(4-6-18)13-25-29(2)27/h3-7,10,14,17,25H,8-9,11-13,15H2,1-2H3,(H,23,24). The third kappa shape index (κ3) is 4.86. The number of pyridine rings is 1. The smallest absolute Gasteiger partial charge is 0.141 e. The summed E-state index contributed by atoms with van der Waals surface area (Å²) in [6, 6.07) is 10.3. The fraction of sp³-hybridized carbons (Fsp3) is 0.409. The third-order valence-electron chi connectivity index (χ3n) is 5.59. The highest BCUT2D eigenvalue weighted by Crippen LogP contribution is 2.35. The summed E-state index contributed by atoms with van der Waals surface area (Å²) in [5, 5.41) is 1.03. The predicted octanol–water partition coefficient (Wildman–Crippen LogP) is 3.33. The van der Waals surface area contributed by atoms with Crippen LogP contribution < -0.4 is 9.46 Å². The Morgan fingerprint density at radius 2 is 2.00 bits per heavy atom. The number of benzene rings is 1. The van der Waals surface area contributed by atoms with Crippen LogP contribution in [0.2, 0.25) is 0 Å². The molecule has 2 N–H and O–H groups in total. The molecule has 0 aliphatic carbocycles. The Bertz CT molecular complexity index is 978. The molecule has 1 fully saturated rings. The summed E-state index contributed by atoms with van der Waals surface area (Å²) in [5.41, 5.74) is 4.13. The van der Waals surface area contributed by atoms with Crippen molar-refractivity contribution < 1.29 is 8.95 Å². The molecule has 29 heavy (non-hydrogen) atoms. The first-order valence-corrected chi connectivity index (χ1v) is 11.6. The van der Waals surface area contributed by atoms with Crippen LogP contribution in [0.5, 0.6) is 5.75 Å². The number of aromatic amines is 1. The second-order valence-corrected chi connectivity index (χ2v) is 8.96. The van der Waals surface area contributed by atoms with Gasteiger partial charge in [-0.05, 0) is 56.1 Å². The predicted molar refractivity (Wildman–Crippen MR) is 118 cm³/mol. The number of ether oxygens (including phenoxy) is 1. The first-order chi connectivity index (χ1) is 14.1. The van der Waals surface area contributed by atoms with Gasteiger partial charge in [0.2, 0.25) is 0 Å². The number of fused-ring (bicyclic) bond motifs is 1. The van der Waals surface area contributed by atoms with Gasteiger partial charge < -0.3 is 14.6 Å². The lowest BCUT2D eigenvalue weighted by Crippen LogP contribution is -2.32. The van der Waals surface area contributed by atoms with Gasteiger partial charge in [-0.3, -0.25) is 0 Å². The van der Waals surface area contributed by atoms with E-state index < -0.39 is 11.0 Å². The number of H-pyrrole nitrogens is 1. The normalized spacial score (nSPS) is 16.9. The first-order valence-electron chi connectivity index (χ1n) is 10.0. The molecule has 154 valence electrons. The lowest BCUT2D eigenvalue weighted by atomic mass is 9.98. The zero-order chi connectivity index (χ0) is 20.2. The van der Waals surface area contributed by atoms with Crippen LogP contribution in [0.4, 0.5) is 0 Å². The van der Waals surface area contributed by atoms with Crippen molar-refractivity contribution in [2.24, 2.45) is 5.92 Å². The van der Waals surface area contributed by atoms with Crippen LogP contribution >= 0.6 is 0 Å². The molecule has 0 radical (unpaired) electrons. The molecule has 0 amide bonds. The average Bonchev–Trinajstić information content (AvgIpc) is 3.17. The molecular weight excluding hydrogens is 384 g/mol. The lowest BCUT2D eigenvalue weighted by Gasteiger charge is -2.28. The molecule has 1 aromatic carbocycles. The molecule has 4 rings (SSSR count). The molecule has 2 aromatic heterocycles. The fourth-order valence-corrected chi connectivity index (χ4v) is 4.17. The maximum atomic E-state index is 11.2. The summed E-state index contributed by atoms with van der Waals surface area (Å²) >= 11 is 0. The van der Waals surface area contributed by atoms with Crippen molar-refractivity contribution in [1.82, 2.24) is 19.6 Å². The minimum atomic E-state index is -1.01. The SMILES string of the molecule is CN1CCC(COc2ccnc3[nH]cc(-c4ccc(CNS(C)=O)cc4)c23)CC1. The molecule has 6 nitrogen and oxygen atoms in total. The summed E-state index contributed by atoms with van der Waals surface area (Å²) in [6.45, 7) is 3.62. The molecule has 0 spiro atoms. The van der Waals surface area contributed by atoms with Gasteiger partial charge in [0.15, 0.2) is 0 Å². The van der Waals surface area contributed by atoms with Crippen molar-refractivity contribution in [3.8, 4) is 16.9 Å². The molecule has 0 bridgehead atoms. The Hall–Kier alpha value is -2.22. The second-order valence-electron chi connectivity index (χ2n) is 7.76. The molecule has 1 saturated heterocycles. The summed E-state index contributed by atoms with van der Waals surface area (Å²) in [4.78, 5) is 10.1. The van der Waals surface area contributed by atoms with Crippen LogP contribution in [0.25, 0.3) is 22.2 Å². The van der Waals surface area contributed by atoms with Crippen molar-refractivity contribution >= 4 is 22.0 Å². The minimum Gasteiger partial charge on any atom is -0.492 e. The van der Waals surface area contributed by atoms with Gasteiger partial charge in [-0.2, -0.15) is 0 Å². The van der Waals surface area contributed by atoms with Crippen molar-refractivity contribution in [3.63, 3.8) is 0 Å². The Kier molecular flexibility index (Phi) is 6.28. The minimum absolute atomic E-state index is 0.587. The zero-order valence-corrected chi connectivity index (χ0v) is 17.8. The van der Waals surface area contributed by atoms with E-state index in [0.717, 1.165) is 53.2 Å². The number of nitrogens with zero attached hydrogens (tertiary/aromatic N) is 2. The quantitative estimate of drug-likeness (QED) is 0.624. The lowest BCUT2D eigenvalue weighted by molar-refractivity contribution is 0.161. The van der Waals surface area contributed by atoms with E-state index in [1.165, 1.54) is 12.8 Å². The highest BCUT2D eigenvalue weighted by molar-refractivity contribution is 7.82. The second kappa shape index (κ2) is 9.07. The van der Waals surface area contributed by atoms with Crippen molar-refractivity contribution in [2.45, 2.75) is 19.4 Å². The number of hydrogen-bond acceptors (Lipinski definition) is 4. The maximum Gasteiger partial charge on any atom is 0.141 e. The van der Waals surface area contributed by atoms with E-state index in [0.29, 0.717) is 12.5 Å². The van der Waals surface area contributed by atoms with Crippen LogP contribution in [0, 0.1) is 5.92 Å². The van der Waals surface area contributed by atoms with Crippen molar-refractivity contribution in [3.05, 3.63) is 48.3 Å². The van der Waals surface area contributed by atoms with Gasteiger partial charge in [0.25, 0.3) is 0 Å². The summed E-state index contributed by atoms with van der Waals surface area (Å²) in [6.07, 6.45) is 7.80. The van der Waals surface area contributed by atoms with Crippen molar-refractivity contribution in [2.75, 3.05) is 33.0 Å². The van der Waals surface area contributed by atoms with Crippen LogP contribution in [0.1, 0.15) is 18.4 Å². The molecule has 7 heteroatoms. The van der Waals surface area contributed by atoms with Crippen LogP contribution in [-0.2, 0) is 17.5 Å². The van der Waals surface area contributed by atoms with E-state index in [-0.39, 0.29) is 0 Å². The molecule has 1 aliphatic rings. The van der Waals surface area contributed by atoms with E-state index in [1.54, 1.807) is 12.5 Å². The molecule has 1 aliphatic heterocycles. The van der Waals surface area contributed by atoms with Crippen LogP contribution in [0.15, 0.2) is 42.7 Å². The molecule has 3 heterocycles. The largest absolute Gasteiger partial charge is 0.492 e. The number of hydrogen-bond donors (Lipinski definition) is 2. The molecule has 1 unspecified atom stereocenters. The maximum absolute atomic E-state index is 11.2. The molecule has 3 aromatic rings. The van der Waals surface area contributed by atoms with E-state index in [2.05, 4.69) is 50.9 Å². The number of likely N-dealkylation sites (tertiary alicyclic amines) is 1. The number of aromatic nitrogens is 2. The van der Waals surface area contributed by atoms with Crippen molar-refractivity contribution in [1.29, 1.82) is 0 Å². The number of rotatable bonds is 7. The molecule has 0 saturated carbocycles. The van der Waals surface area contributed by atoms with Crippen LogP contribution in [-0.4, -0.2) is 52.1 Å². The zero-order valence-electron chi connectivity index (χ0n) is 17.0. The van der Waals surface area contributed by atoms with Crippen LogP contribution in [0.3, 0.4) is 0 Å². The summed E-state index contributed by atoms with van der Waals surface area (Å²) in [5.74, 6) is 1.49. The summed E-state index contributed by atoms with van der Waals surface area (Å²) in [7, 11) is 1.17. The van der Waals surface area contributed by atoms with E-state index >= 15 is 0 Å². The Labute approximate surface area is 174 Å². The van der Waals surface area contributed by atoms with Gasteiger partial charge in [0, 0.05) is 30.8 Å². The summed E-state index contributed by atoms with van der Waals surface area (Å²) < 4.78 is 20.4. The van der Waals surface area contributed by atoms with Gasteiger partial charge >= 0.3 is 0 Å². The first kappa shape index (κ1) is 20.1.